The van der Waals surface area contributed by atoms with Gasteiger partial charge in [0.15, 0.2) is 0 Å². The molecular weight excluding hydrogens is 252 g/mol. The summed E-state index contributed by atoms with van der Waals surface area (Å²) in [6.45, 7) is 2.19. The summed E-state index contributed by atoms with van der Waals surface area (Å²) in [5.41, 5.74) is 7.13. The zero-order chi connectivity index (χ0) is 13.1. The summed E-state index contributed by atoms with van der Waals surface area (Å²) in [7, 11) is 0. The van der Waals surface area contributed by atoms with Crippen LogP contribution in [0.2, 0.25) is 5.02 Å². The molecule has 1 atom stereocenters. The maximum atomic E-state index is 11.4. The number of nitrogens with one attached hydrogen (secondary N) is 1. The first kappa shape index (κ1) is 12.9. The zero-order valence-electron chi connectivity index (χ0n) is 10.1. The second kappa shape index (κ2) is 5.37. The molecule has 0 radical (unpaired) electrons. The van der Waals surface area contributed by atoms with Crippen molar-refractivity contribution >= 4 is 23.2 Å². The summed E-state index contributed by atoms with van der Waals surface area (Å²) in [5.74, 6) is -0.0694. The van der Waals surface area contributed by atoms with Crippen LogP contribution in [0, 0.1) is 0 Å². The summed E-state index contributed by atoms with van der Waals surface area (Å²) < 4.78 is 1.83. The molecule has 0 aliphatic carbocycles. The molecule has 96 valence electrons. The molecule has 2 heterocycles. The molecule has 2 aromatic heterocycles. The molecule has 18 heavy (non-hydrogen) atoms. The Morgan fingerprint density at radius 2 is 2.33 bits per heavy atom. The zero-order valence-corrected chi connectivity index (χ0v) is 10.8. The van der Waals surface area contributed by atoms with Gasteiger partial charge in [0.05, 0.1) is 17.3 Å². The van der Waals surface area contributed by atoms with Gasteiger partial charge >= 0.3 is 0 Å². The highest BCUT2D eigenvalue weighted by molar-refractivity contribution is 6.30. The third-order valence-corrected chi connectivity index (χ3v) is 2.66. The maximum absolute atomic E-state index is 11.4. The van der Waals surface area contributed by atoms with Crippen LogP contribution < -0.4 is 11.1 Å². The molecular formula is C12H15ClN4O. The molecule has 3 N–H and O–H groups in total. The number of carbonyl (C=O) groups is 1. The average molecular weight is 267 g/mol. The van der Waals surface area contributed by atoms with Gasteiger partial charge in [-0.1, -0.05) is 11.6 Å². The molecule has 1 amide bonds. The number of fused-ring (bicyclic) bond motifs is 1. The van der Waals surface area contributed by atoms with Crippen molar-refractivity contribution in [3.05, 3.63) is 35.2 Å². The fourth-order valence-corrected chi connectivity index (χ4v) is 1.82. The lowest BCUT2D eigenvalue weighted by atomic mass is 10.2. The minimum absolute atomic E-state index is 0.0694. The largest absolute Gasteiger partial charge is 0.350 e. The molecule has 0 spiro atoms. The fourth-order valence-electron chi connectivity index (χ4n) is 1.66. The minimum atomic E-state index is -0.134. The molecule has 0 saturated carbocycles. The number of hydrogen-bond acceptors (Lipinski definition) is 3. The highest BCUT2D eigenvalue weighted by Gasteiger charge is 2.06. The van der Waals surface area contributed by atoms with E-state index in [-0.39, 0.29) is 11.9 Å². The van der Waals surface area contributed by atoms with E-state index in [1.54, 1.807) is 19.2 Å². The molecule has 1 unspecified atom stereocenters. The molecule has 2 rings (SSSR count). The summed E-state index contributed by atoms with van der Waals surface area (Å²) in [6, 6.07) is 3.47. The smallest absolute Gasteiger partial charge is 0.221 e. The van der Waals surface area contributed by atoms with Crippen molar-refractivity contribution < 1.29 is 4.79 Å². The molecule has 0 fully saturated rings. The highest BCUT2D eigenvalue weighted by atomic mass is 35.5. The minimum Gasteiger partial charge on any atom is -0.350 e. The summed E-state index contributed by atoms with van der Waals surface area (Å²) in [4.78, 5) is 15.8. The average Bonchev–Trinajstić information content (AvgIpc) is 2.67. The summed E-state index contributed by atoms with van der Waals surface area (Å²) in [6.07, 6.45) is 3.93. The Kier molecular flexibility index (Phi) is 3.84. The van der Waals surface area contributed by atoms with Gasteiger partial charge in [-0.2, -0.15) is 0 Å². The van der Waals surface area contributed by atoms with Gasteiger partial charge in [-0.25, -0.2) is 4.98 Å². The quantitative estimate of drug-likeness (QED) is 0.877. The number of pyridine rings is 1. The van der Waals surface area contributed by atoms with Crippen LogP contribution in [0.1, 0.15) is 19.0 Å². The maximum Gasteiger partial charge on any atom is 0.221 e. The number of nitrogens with two attached hydrogens (primary N) is 1. The van der Waals surface area contributed by atoms with E-state index in [0.717, 1.165) is 11.3 Å². The van der Waals surface area contributed by atoms with E-state index in [1.165, 1.54) is 0 Å². The predicted molar refractivity (Wildman–Crippen MR) is 70.3 cm³/mol. The molecule has 6 heteroatoms. The van der Waals surface area contributed by atoms with Crippen LogP contribution in [0.5, 0.6) is 0 Å². The Morgan fingerprint density at radius 1 is 1.56 bits per heavy atom. The Morgan fingerprint density at radius 3 is 3.06 bits per heavy atom. The van der Waals surface area contributed by atoms with Crippen LogP contribution in [0.3, 0.4) is 0 Å². The van der Waals surface area contributed by atoms with Crippen LogP contribution in [0.25, 0.3) is 5.65 Å². The number of aromatic nitrogens is 2. The first-order valence-corrected chi connectivity index (χ1v) is 6.08. The Hall–Kier alpha value is -1.59. The summed E-state index contributed by atoms with van der Waals surface area (Å²) >= 11 is 5.88. The standard InChI is InChI=1S/C12H15ClN4O/c1-8(14)4-12(18)15-5-10-7-17-6-9(13)2-3-11(17)16-10/h2-3,6-8H,4-5,14H2,1H3,(H,15,18). The van der Waals surface area contributed by atoms with Gasteiger partial charge in [0.2, 0.25) is 5.91 Å². The van der Waals surface area contributed by atoms with Gasteiger partial charge < -0.3 is 15.5 Å². The number of halogens is 1. The van der Waals surface area contributed by atoms with Crippen LogP contribution >= 0.6 is 11.6 Å². The Labute approximate surface area is 110 Å². The normalized spacial score (nSPS) is 12.6. The lowest BCUT2D eigenvalue weighted by molar-refractivity contribution is -0.121. The Bertz CT molecular complexity index is 564. The highest BCUT2D eigenvalue weighted by Crippen LogP contribution is 2.11. The number of nitrogens with zero attached hydrogens (tertiary/aromatic N) is 2. The van der Waals surface area contributed by atoms with Crippen molar-refractivity contribution in [1.82, 2.24) is 14.7 Å². The van der Waals surface area contributed by atoms with Gasteiger partial charge in [-0.3, -0.25) is 4.79 Å². The first-order chi connectivity index (χ1) is 8.54. The van der Waals surface area contributed by atoms with E-state index in [2.05, 4.69) is 10.3 Å². The third-order valence-electron chi connectivity index (χ3n) is 2.44. The molecule has 0 aromatic carbocycles. The fraction of sp³-hybridized carbons (Fsp3) is 0.333. The molecule has 2 aromatic rings. The van der Waals surface area contributed by atoms with Crippen molar-refractivity contribution in [3.8, 4) is 0 Å². The van der Waals surface area contributed by atoms with E-state index >= 15 is 0 Å². The number of amides is 1. The van der Waals surface area contributed by atoms with Crippen molar-refractivity contribution in [2.75, 3.05) is 0 Å². The number of carbonyl (C=O) groups excluding carboxylic acids is 1. The van der Waals surface area contributed by atoms with Gasteiger partial charge in [-0.15, -0.1) is 0 Å². The molecule has 0 aliphatic heterocycles. The molecule has 5 nitrogen and oxygen atoms in total. The summed E-state index contributed by atoms with van der Waals surface area (Å²) in [5, 5.41) is 3.42. The molecule has 0 aliphatic rings. The van der Waals surface area contributed by atoms with Crippen LogP contribution in [-0.2, 0) is 11.3 Å². The number of imidazole rings is 1. The second-order valence-corrected chi connectivity index (χ2v) is 4.74. The van der Waals surface area contributed by atoms with Gasteiger partial charge in [-0.05, 0) is 19.1 Å². The topological polar surface area (TPSA) is 72.4 Å². The van der Waals surface area contributed by atoms with E-state index in [1.807, 2.05) is 16.7 Å². The van der Waals surface area contributed by atoms with Crippen molar-refractivity contribution in [2.45, 2.75) is 25.9 Å². The van der Waals surface area contributed by atoms with Gasteiger partial charge in [0.1, 0.15) is 5.65 Å². The van der Waals surface area contributed by atoms with Crippen LogP contribution in [-0.4, -0.2) is 21.3 Å². The monoisotopic (exact) mass is 266 g/mol. The number of rotatable bonds is 4. The molecule has 0 saturated heterocycles. The molecule has 0 bridgehead atoms. The van der Waals surface area contributed by atoms with E-state index in [9.17, 15) is 4.79 Å². The van der Waals surface area contributed by atoms with Crippen molar-refractivity contribution in [2.24, 2.45) is 5.73 Å². The van der Waals surface area contributed by atoms with Crippen molar-refractivity contribution in [1.29, 1.82) is 0 Å². The van der Waals surface area contributed by atoms with Crippen molar-refractivity contribution in [3.63, 3.8) is 0 Å². The van der Waals surface area contributed by atoms with Gasteiger partial charge in [0, 0.05) is 24.9 Å². The van der Waals surface area contributed by atoms with Crippen LogP contribution in [0.15, 0.2) is 24.5 Å². The van der Waals surface area contributed by atoms with E-state index < -0.39 is 0 Å². The second-order valence-electron chi connectivity index (χ2n) is 4.30. The Balaban J connectivity index is 2.02. The van der Waals surface area contributed by atoms with E-state index in [4.69, 9.17) is 17.3 Å². The first-order valence-electron chi connectivity index (χ1n) is 5.70. The van der Waals surface area contributed by atoms with E-state index in [0.29, 0.717) is 18.0 Å². The third kappa shape index (κ3) is 3.21. The van der Waals surface area contributed by atoms with Gasteiger partial charge in [0.25, 0.3) is 0 Å². The van der Waals surface area contributed by atoms with Crippen LogP contribution in [0.4, 0.5) is 0 Å². The SMILES string of the molecule is CC(N)CC(=O)NCc1cn2cc(Cl)ccc2n1. The number of hydrogen-bond donors (Lipinski definition) is 2. The lowest BCUT2D eigenvalue weighted by Gasteiger charge is -2.05. The lowest BCUT2D eigenvalue weighted by Crippen LogP contribution is -2.29. The predicted octanol–water partition coefficient (Wildman–Crippen LogP) is 1.34.